The monoisotopic (exact) mass is 317 g/mol. The highest BCUT2D eigenvalue weighted by Gasteiger charge is 2.11. The van der Waals surface area contributed by atoms with E-state index in [0.717, 1.165) is 17.0 Å². The molecule has 6 nitrogen and oxygen atoms in total. The highest BCUT2D eigenvalue weighted by Crippen LogP contribution is 2.22. The molecular weight excluding hydrogens is 302 g/mol. The molecule has 0 unspecified atom stereocenters. The lowest BCUT2D eigenvalue weighted by Crippen LogP contribution is -1.93. The molecule has 2 aromatic carbocycles. The Morgan fingerprint density at radius 2 is 1.83 bits per heavy atom. The molecule has 0 aliphatic rings. The summed E-state index contributed by atoms with van der Waals surface area (Å²) in [5, 5.41) is 4.26. The molecule has 24 heavy (non-hydrogen) atoms. The highest BCUT2D eigenvalue weighted by molar-refractivity contribution is 5.81. The van der Waals surface area contributed by atoms with Gasteiger partial charge in [0.25, 0.3) is 0 Å². The van der Waals surface area contributed by atoms with Crippen LogP contribution in [0.2, 0.25) is 0 Å². The molecule has 0 atom stereocenters. The summed E-state index contributed by atoms with van der Waals surface area (Å²) in [6.07, 6.45) is 5.25. The van der Waals surface area contributed by atoms with Gasteiger partial charge in [0.15, 0.2) is 5.82 Å². The van der Waals surface area contributed by atoms with Crippen LogP contribution in [0, 0.1) is 0 Å². The number of nitrogens with zero attached hydrogens (tertiary/aromatic N) is 5. The summed E-state index contributed by atoms with van der Waals surface area (Å²) in [6, 6.07) is 17.7. The Morgan fingerprint density at radius 3 is 2.58 bits per heavy atom. The van der Waals surface area contributed by atoms with Crippen molar-refractivity contribution in [2.75, 3.05) is 7.11 Å². The minimum atomic E-state index is 0.709. The average Bonchev–Trinajstić information content (AvgIpc) is 3.24. The van der Waals surface area contributed by atoms with Gasteiger partial charge < -0.3 is 4.74 Å². The summed E-state index contributed by atoms with van der Waals surface area (Å²) in [5.41, 5.74) is 2.00. The Kier molecular flexibility index (Phi) is 3.55. The molecule has 118 valence electrons. The van der Waals surface area contributed by atoms with Gasteiger partial charge in [0.05, 0.1) is 13.3 Å². The van der Waals surface area contributed by atoms with E-state index >= 15 is 0 Å². The first-order valence-corrected chi connectivity index (χ1v) is 7.50. The third-order valence-corrected chi connectivity index (χ3v) is 3.70. The zero-order valence-electron chi connectivity index (χ0n) is 13.1. The number of ether oxygens (including phenoxy) is 1. The molecule has 0 aliphatic heterocycles. The van der Waals surface area contributed by atoms with E-state index in [1.165, 1.54) is 6.33 Å². The predicted octanol–water partition coefficient (Wildman–Crippen LogP) is 3.28. The molecule has 2 aromatic heterocycles. The van der Waals surface area contributed by atoms with Gasteiger partial charge in [-0.2, -0.15) is 14.6 Å². The summed E-state index contributed by atoms with van der Waals surface area (Å²) in [5.74, 6) is 2.23. The zero-order chi connectivity index (χ0) is 16.4. The van der Waals surface area contributed by atoms with Gasteiger partial charge in [-0.1, -0.05) is 30.3 Å². The summed E-state index contributed by atoms with van der Waals surface area (Å²) in [6.45, 7) is 0. The van der Waals surface area contributed by atoms with Crippen molar-refractivity contribution in [3.8, 4) is 11.4 Å². The van der Waals surface area contributed by atoms with Crippen LogP contribution in [0.15, 0.2) is 72.1 Å². The van der Waals surface area contributed by atoms with Crippen molar-refractivity contribution in [1.29, 1.82) is 0 Å². The Morgan fingerprint density at radius 1 is 1.04 bits per heavy atom. The van der Waals surface area contributed by atoms with Crippen molar-refractivity contribution in [3.05, 3.63) is 72.7 Å². The van der Waals surface area contributed by atoms with Gasteiger partial charge in [0.1, 0.15) is 12.1 Å². The van der Waals surface area contributed by atoms with Crippen LogP contribution in [0.4, 0.5) is 5.82 Å². The lowest BCUT2D eigenvalue weighted by molar-refractivity contribution is 0.415. The van der Waals surface area contributed by atoms with Crippen LogP contribution in [-0.4, -0.2) is 32.5 Å². The largest absolute Gasteiger partial charge is 0.497 e. The van der Waals surface area contributed by atoms with Crippen molar-refractivity contribution >= 4 is 17.8 Å². The van der Waals surface area contributed by atoms with E-state index < -0.39 is 0 Å². The molecule has 0 fully saturated rings. The molecule has 4 rings (SSSR count). The van der Waals surface area contributed by atoms with Gasteiger partial charge >= 0.3 is 0 Å². The summed E-state index contributed by atoms with van der Waals surface area (Å²) in [7, 11) is 1.65. The third kappa shape index (κ3) is 2.54. The molecule has 0 saturated carbocycles. The summed E-state index contributed by atoms with van der Waals surface area (Å²) >= 11 is 0. The SMILES string of the molecule is COc1ccc(-n2cc(/N=C/c3ccccc3)n3ncnc23)cc1. The molecule has 0 saturated heterocycles. The van der Waals surface area contributed by atoms with Gasteiger partial charge in [-0.05, 0) is 29.8 Å². The number of imidazole rings is 1. The molecule has 0 aliphatic carbocycles. The van der Waals surface area contributed by atoms with Crippen LogP contribution in [-0.2, 0) is 0 Å². The van der Waals surface area contributed by atoms with E-state index in [-0.39, 0.29) is 0 Å². The average molecular weight is 317 g/mol. The standard InChI is InChI=1S/C18H15N5O/c1-24-16-9-7-15(8-10-16)22-12-17(23-18(22)20-13-21-23)19-11-14-5-3-2-4-6-14/h2-13H,1H3/b19-11+. The number of hydrogen-bond donors (Lipinski definition) is 0. The normalized spacial score (nSPS) is 11.4. The summed E-state index contributed by atoms with van der Waals surface area (Å²) in [4.78, 5) is 8.87. The topological polar surface area (TPSA) is 56.7 Å². The fourth-order valence-corrected chi connectivity index (χ4v) is 2.49. The third-order valence-electron chi connectivity index (χ3n) is 3.70. The number of aromatic nitrogens is 4. The van der Waals surface area contributed by atoms with Crippen LogP contribution >= 0.6 is 0 Å². The highest BCUT2D eigenvalue weighted by atomic mass is 16.5. The van der Waals surface area contributed by atoms with Crippen molar-refractivity contribution in [2.45, 2.75) is 0 Å². The van der Waals surface area contributed by atoms with Crippen molar-refractivity contribution in [1.82, 2.24) is 19.2 Å². The number of aliphatic imine (C=N–C) groups is 1. The number of rotatable bonds is 4. The Labute approximate surface area is 138 Å². The fraction of sp³-hybridized carbons (Fsp3) is 0.0556. The number of hydrogen-bond acceptors (Lipinski definition) is 4. The molecular formula is C18H15N5O. The van der Waals surface area contributed by atoms with Crippen molar-refractivity contribution in [3.63, 3.8) is 0 Å². The number of fused-ring (bicyclic) bond motifs is 1. The zero-order valence-corrected chi connectivity index (χ0v) is 13.1. The molecule has 0 spiro atoms. The van der Waals surface area contributed by atoms with Crippen molar-refractivity contribution in [2.24, 2.45) is 4.99 Å². The van der Waals surface area contributed by atoms with E-state index in [1.807, 2.05) is 71.6 Å². The Bertz CT molecular complexity index is 983. The fourth-order valence-electron chi connectivity index (χ4n) is 2.49. The molecule has 0 N–H and O–H groups in total. The van der Waals surface area contributed by atoms with Gasteiger partial charge in [-0.3, -0.25) is 4.57 Å². The van der Waals surface area contributed by atoms with Crippen LogP contribution < -0.4 is 4.74 Å². The minimum Gasteiger partial charge on any atom is -0.497 e. The van der Waals surface area contributed by atoms with E-state index in [4.69, 9.17) is 4.74 Å². The summed E-state index contributed by atoms with van der Waals surface area (Å²) < 4.78 is 8.86. The van der Waals surface area contributed by atoms with E-state index in [2.05, 4.69) is 15.1 Å². The first-order valence-electron chi connectivity index (χ1n) is 7.50. The smallest absolute Gasteiger partial charge is 0.239 e. The van der Waals surface area contributed by atoms with E-state index in [0.29, 0.717) is 11.6 Å². The van der Waals surface area contributed by atoms with Gasteiger partial charge in [0.2, 0.25) is 5.78 Å². The molecule has 0 radical (unpaired) electrons. The van der Waals surface area contributed by atoms with Gasteiger partial charge in [-0.25, -0.2) is 4.99 Å². The van der Waals surface area contributed by atoms with Crippen LogP contribution in [0.5, 0.6) is 5.75 Å². The second-order valence-corrected chi connectivity index (χ2v) is 5.20. The maximum atomic E-state index is 5.20. The second-order valence-electron chi connectivity index (χ2n) is 5.20. The van der Waals surface area contributed by atoms with Crippen LogP contribution in [0.25, 0.3) is 11.5 Å². The van der Waals surface area contributed by atoms with Crippen LogP contribution in [0.3, 0.4) is 0 Å². The predicted molar refractivity (Wildman–Crippen MR) is 92.6 cm³/mol. The molecule has 0 amide bonds. The maximum Gasteiger partial charge on any atom is 0.239 e. The molecule has 0 bridgehead atoms. The lowest BCUT2D eigenvalue weighted by Gasteiger charge is -2.03. The quantitative estimate of drug-likeness (QED) is 0.543. The molecule has 4 aromatic rings. The number of methoxy groups -OCH3 is 1. The number of benzene rings is 2. The first-order chi connectivity index (χ1) is 11.8. The minimum absolute atomic E-state index is 0.709. The first kappa shape index (κ1) is 14.2. The second kappa shape index (κ2) is 6.00. The van der Waals surface area contributed by atoms with E-state index in [9.17, 15) is 0 Å². The Hall–Kier alpha value is -3.41. The maximum absolute atomic E-state index is 5.20. The Balaban J connectivity index is 1.75. The molecule has 6 heteroatoms. The molecule has 2 heterocycles. The van der Waals surface area contributed by atoms with Crippen LogP contribution in [0.1, 0.15) is 5.56 Å². The van der Waals surface area contributed by atoms with Gasteiger partial charge in [-0.15, -0.1) is 0 Å². The van der Waals surface area contributed by atoms with E-state index in [1.54, 1.807) is 11.6 Å². The lowest BCUT2D eigenvalue weighted by atomic mass is 10.2. The van der Waals surface area contributed by atoms with Gasteiger partial charge in [0, 0.05) is 11.9 Å². The van der Waals surface area contributed by atoms with Crippen molar-refractivity contribution < 1.29 is 4.74 Å².